The van der Waals surface area contributed by atoms with Crippen molar-refractivity contribution in [3.63, 3.8) is 0 Å². The molecule has 0 radical (unpaired) electrons. The van der Waals surface area contributed by atoms with Gasteiger partial charge >= 0.3 is 5.97 Å². The number of nitrogens with zero attached hydrogens (tertiary/aromatic N) is 4. The summed E-state index contributed by atoms with van der Waals surface area (Å²) in [7, 11) is 0. The molecule has 0 fully saturated rings. The molecule has 0 spiro atoms. The van der Waals surface area contributed by atoms with Gasteiger partial charge in [-0.25, -0.2) is 9.48 Å². The van der Waals surface area contributed by atoms with Crippen molar-refractivity contribution in [2.45, 2.75) is 26.3 Å². The molecule has 2 aromatic rings. The van der Waals surface area contributed by atoms with E-state index in [-0.39, 0.29) is 11.6 Å². The first-order chi connectivity index (χ1) is 9.00. The Balaban J connectivity index is 2.41. The predicted octanol–water partition coefficient (Wildman–Crippen LogP) is 2.20. The van der Waals surface area contributed by atoms with Crippen molar-refractivity contribution < 1.29 is 9.90 Å². The van der Waals surface area contributed by atoms with Gasteiger partial charge in [0.25, 0.3) is 0 Å². The normalized spacial score (nSPS) is 10.9. The predicted molar refractivity (Wildman–Crippen MR) is 69.4 cm³/mol. The largest absolute Gasteiger partial charge is 0.476 e. The number of hydrogen-bond donors (Lipinski definition) is 1. The van der Waals surface area contributed by atoms with Gasteiger partial charge in [-0.2, -0.15) is 0 Å². The summed E-state index contributed by atoms with van der Waals surface area (Å²) in [6, 6.07) is 1.77. The zero-order chi connectivity index (χ0) is 14.0. The SMILES string of the molecule is CC(C)c1c(C(=O)O)nnn1Cc1ccncc1Cl. The van der Waals surface area contributed by atoms with E-state index in [9.17, 15) is 4.79 Å². The average molecular weight is 281 g/mol. The van der Waals surface area contributed by atoms with Gasteiger partial charge in [-0.3, -0.25) is 4.98 Å². The Morgan fingerprint density at radius 3 is 2.84 bits per heavy atom. The van der Waals surface area contributed by atoms with E-state index in [1.165, 1.54) is 0 Å². The van der Waals surface area contributed by atoms with E-state index >= 15 is 0 Å². The van der Waals surface area contributed by atoms with E-state index in [1.54, 1.807) is 23.1 Å². The number of carbonyl (C=O) groups is 1. The van der Waals surface area contributed by atoms with E-state index in [0.717, 1.165) is 5.56 Å². The second kappa shape index (κ2) is 5.36. The van der Waals surface area contributed by atoms with Gasteiger partial charge in [0, 0.05) is 12.4 Å². The van der Waals surface area contributed by atoms with Gasteiger partial charge in [0.2, 0.25) is 0 Å². The molecule has 2 heterocycles. The molecule has 0 aliphatic heterocycles. The van der Waals surface area contributed by atoms with Gasteiger partial charge < -0.3 is 5.11 Å². The minimum Gasteiger partial charge on any atom is -0.476 e. The topological polar surface area (TPSA) is 80.9 Å². The lowest BCUT2D eigenvalue weighted by atomic mass is 10.1. The summed E-state index contributed by atoms with van der Waals surface area (Å²) in [5, 5.41) is 17.2. The Labute approximate surface area is 115 Å². The van der Waals surface area contributed by atoms with E-state index in [1.807, 2.05) is 13.8 Å². The van der Waals surface area contributed by atoms with Crippen LogP contribution in [0, 0.1) is 0 Å². The molecule has 6 nitrogen and oxygen atoms in total. The lowest BCUT2D eigenvalue weighted by Gasteiger charge is -2.10. The highest BCUT2D eigenvalue weighted by Crippen LogP contribution is 2.21. The Bertz CT molecular complexity index is 610. The van der Waals surface area contributed by atoms with Gasteiger partial charge in [-0.1, -0.05) is 30.7 Å². The van der Waals surface area contributed by atoms with Crippen LogP contribution in [0.4, 0.5) is 0 Å². The molecule has 19 heavy (non-hydrogen) atoms. The number of rotatable bonds is 4. The second-order valence-electron chi connectivity index (χ2n) is 4.41. The molecule has 0 amide bonds. The Morgan fingerprint density at radius 2 is 2.26 bits per heavy atom. The van der Waals surface area contributed by atoms with Crippen LogP contribution in [0.5, 0.6) is 0 Å². The molecule has 0 saturated carbocycles. The summed E-state index contributed by atoms with van der Waals surface area (Å²) in [4.78, 5) is 15.0. The highest BCUT2D eigenvalue weighted by molar-refractivity contribution is 6.31. The van der Waals surface area contributed by atoms with Crippen LogP contribution in [-0.4, -0.2) is 31.1 Å². The quantitative estimate of drug-likeness (QED) is 0.928. The fourth-order valence-electron chi connectivity index (χ4n) is 1.85. The van der Waals surface area contributed by atoms with E-state index in [4.69, 9.17) is 16.7 Å². The maximum atomic E-state index is 11.1. The number of halogens is 1. The Kier molecular flexibility index (Phi) is 3.80. The monoisotopic (exact) mass is 280 g/mol. The zero-order valence-corrected chi connectivity index (χ0v) is 11.3. The lowest BCUT2D eigenvalue weighted by molar-refractivity contribution is 0.0688. The summed E-state index contributed by atoms with van der Waals surface area (Å²) in [5.74, 6) is -1.07. The van der Waals surface area contributed by atoms with E-state index in [0.29, 0.717) is 17.3 Å². The van der Waals surface area contributed by atoms with E-state index < -0.39 is 5.97 Å². The summed E-state index contributed by atoms with van der Waals surface area (Å²) in [6.07, 6.45) is 3.17. The molecule has 0 aromatic carbocycles. The van der Waals surface area contributed by atoms with Crippen LogP contribution in [-0.2, 0) is 6.54 Å². The molecular weight excluding hydrogens is 268 g/mol. The molecule has 0 aliphatic carbocycles. The smallest absolute Gasteiger partial charge is 0.358 e. The van der Waals surface area contributed by atoms with Crippen molar-refractivity contribution in [3.05, 3.63) is 40.4 Å². The average Bonchev–Trinajstić information content (AvgIpc) is 2.76. The van der Waals surface area contributed by atoms with Gasteiger partial charge in [0.1, 0.15) is 0 Å². The van der Waals surface area contributed by atoms with Crippen LogP contribution in [0.25, 0.3) is 0 Å². The molecule has 0 unspecified atom stereocenters. The molecule has 2 rings (SSSR count). The lowest BCUT2D eigenvalue weighted by Crippen LogP contribution is -2.11. The fraction of sp³-hybridized carbons (Fsp3) is 0.333. The summed E-state index contributed by atoms with van der Waals surface area (Å²) < 4.78 is 1.56. The van der Waals surface area contributed by atoms with Gasteiger partial charge in [-0.15, -0.1) is 5.10 Å². The van der Waals surface area contributed by atoms with Crippen LogP contribution in [0.2, 0.25) is 5.02 Å². The minimum absolute atomic E-state index is 0.00159. The molecule has 100 valence electrons. The van der Waals surface area contributed by atoms with Gasteiger partial charge in [0.15, 0.2) is 5.69 Å². The third-order valence-corrected chi connectivity index (χ3v) is 3.04. The molecule has 0 atom stereocenters. The standard InChI is InChI=1S/C12H13ClN4O2/c1-7(2)11-10(12(18)19)15-16-17(11)6-8-3-4-14-5-9(8)13/h3-5,7H,6H2,1-2H3,(H,18,19). The summed E-state index contributed by atoms with van der Waals surface area (Å²) in [6.45, 7) is 4.17. The third kappa shape index (κ3) is 2.73. The van der Waals surface area contributed by atoms with Crippen LogP contribution in [0.1, 0.15) is 41.5 Å². The van der Waals surface area contributed by atoms with Crippen LogP contribution < -0.4 is 0 Å². The molecule has 2 aromatic heterocycles. The molecule has 0 bridgehead atoms. The molecule has 1 N–H and O–H groups in total. The number of hydrogen-bond acceptors (Lipinski definition) is 4. The van der Waals surface area contributed by atoms with Crippen molar-refractivity contribution in [2.24, 2.45) is 0 Å². The third-order valence-electron chi connectivity index (χ3n) is 2.70. The van der Waals surface area contributed by atoms with Crippen molar-refractivity contribution >= 4 is 17.6 Å². The van der Waals surface area contributed by atoms with Crippen molar-refractivity contribution in [1.82, 2.24) is 20.0 Å². The molecule has 0 saturated heterocycles. The van der Waals surface area contributed by atoms with Crippen LogP contribution in [0.15, 0.2) is 18.5 Å². The van der Waals surface area contributed by atoms with Crippen molar-refractivity contribution in [3.8, 4) is 0 Å². The number of carboxylic acid groups (broad SMARTS) is 1. The first-order valence-corrected chi connectivity index (χ1v) is 6.13. The fourth-order valence-corrected chi connectivity index (χ4v) is 2.03. The first-order valence-electron chi connectivity index (χ1n) is 5.75. The van der Waals surface area contributed by atoms with E-state index in [2.05, 4.69) is 15.3 Å². The van der Waals surface area contributed by atoms with Crippen molar-refractivity contribution in [1.29, 1.82) is 0 Å². The summed E-state index contributed by atoms with van der Waals surface area (Å²) in [5.41, 5.74) is 1.39. The van der Waals surface area contributed by atoms with Crippen molar-refractivity contribution in [2.75, 3.05) is 0 Å². The Morgan fingerprint density at radius 1 is 1.53 bits per heavy atom. The first kappa shape index (κ1) is 13.5. The minimum atomic E-state index is -1.07. The highest BCUT2D eigenvalue weighted by atomic mass is 35.5. The Hall–Kier alpha value is -1.95. The number of carboxylic acids is 1. The van der Waals surface area contributed by atoms with Crippen LogP contribution >= 0.6 is 11.6 Å². The molecule has 7 heteroatoms. The maximum Gasteiger partial charge on any atom is 0.358 e. The van der Waals surface area contributed by atoms with Gasteiger partial charge in [0.05, 0.1) is 17.3 Å². The number of pyridine rings is 1. The second-order valence-corrected chi connectivity index (χ2v) is 4.82. The molecular formula is C12H13ClN4O2. The highest BCUT2D eigenvalue weighted by Gasteiger charge is 2.21. The zero-order valence-electron chi connectivity index (χ0n) is 10.5. The maximum absolute atomic E-state index is 11.1. The van der Waals surface area contributed by atoms with Crippen LogP contribution in [0.3, 0.4) is 0 Å². The number of aromatic carboxylic acids is 1. The summed E-state index contributed by atoms with van der Waals surface area (Å²) >= 11 is 6.04. The number of aromatic nitrogens is 4. The molecule has 0 aliphatic rings. The van der Waals surface area contributed by atoms with Gasteiger partial charge in [-0.05, 0) is 17.5 Å².